The quantitative estimate of drug-likeness (QED) is 0.596. The first-order valence-corrected chi connectivity index (χ1v) is 9.06. The van der Waals surface area contributed by atoms with Crippen LogP contribution in [0.15, 0.2) is 18.2 Å². The van der Waals surface area contributed by atoms with Crippen molar-refractivity contribution in [1.82, 2.24) is 19.6 Å². The van der Waals surface area contributed by atoms with Gasteiger partial charge in [0, 0.05) is 31.3 Å². The Hall–Kier alpha value is -3.32. The number of nitrogens with two attached hydrogens (primary N) is 1. The number of methoxy groups -OCH3 is 1. The summed E-state index contributed by atoms with van der Waals surface area (Å²) in [6.07, 6.45) is -1.87. The molecule has 0 saturated carbocycles. The summed E-state index contributed by atoms with van der Waals surface area (Å²) in [5.41, 5.74) is 7.92. The minimum atomic E-state index is -2.75. The third kappa shape index (κ3) is 4.09. The molecule has 0 unspecified atom stereocenters. The molecule has 3 heterocycles. The highest BCUT2D eigenvalue weighted by molar-refractivity contribution is 5.69. The van der Waals surface area contributed by atoms with E-state index in [4.69, 9.17) is 10.5 Å². The molecule has 29 heavy (non-hydrogen) atoms. The highest BCUT2D eigenvalue weighted by atomic mass is 19.3. The molecule has 8 nitrogen and oxygen atoms in total. The predicted molar refractivity (Wildman–Crippen MR) is 104 cm³/mol. The van der Waals surface area contributed by atoms with Crippen LogP contribution < -0.4 is 11.1 Å². The molecule has 3 aromatic heterocycles. The number of fused-ring (bicyclic) bond motifs is 1. The zero-order valence-corrected chi connectivity index (χ0v) is 16.1. The van der Waals surface area contributed by atoms with Gasteiger partial charge in [0.15, 0.2) is 5.65 Å². The monoisotopic (exact) mass is 401 g/mol. The number of ether oxygens (including phenoxy) is 1. The number of pyridine rings is 1. The zero-order valence-electron chi connectivity index (χ0n) is 16.1. The van der Waals surface area contributed by atoms with E-state index in [0.29, 0.717) is 31.6 Å². The van der Waals surface area contributed by atoms with Crippen LogP contribution >= 0.6 is 0 Å². The van der Waals surface area contributed by atoms with E-state index in [1.54, 1.807) is 14.0 Å². The second kappa shape index (κ2) is 8.79. The molecule has 0 bridgehead atoms. The molecule has 0 amide bonds. The lowest BCUT2D eigenvalue weighted by Gasteiger charge is -2.11. The molecule has 3 N–H and O–H groups in total. The van der Waals surface area contributed by atoms with Crippen LogP contribution in [0.5, 0.6) is 0 Å². The van der Waals surface area contributed by atoms with E-state index in [1.165, 1.54) is 0 Å². The summed E-state index contributed by atoms with van der Waals surface area (Å²) in [6.45, 7) is 2.59. The van der Waals surface area contributed by atoms with Gasteiger partial charge in [-0.1, -0.05) is 13.0 Å². The molecule has 0 aliphatic carbocycles. The van der Waals surface area contributed by atoms with Crippen molar-refractivity contribution >= 4 is 17.3 Å². The molecule has 3 rings (SSSR count). The van der Waals surface area contributed by atoms with E-state index in [2.05, 4.69) is 20.4 Å². The average Bonchev–Trinajstić information content (AvgIpc) is 3.08. The molecular weight excluding hydrogens is 380 g/mol. The number of nitrogen functional groups attached to an aromatic ring is 1. The summed E-state index contributed by atoms with van der Waals surface area (Å²) in [5, 5.41) is 16.4. The third-order valence-electron chi connectivity index (χ3n) is 4.43. The Labute approximate surface area is 166 Å². The summed E-state index contributed by atoms with van der Waals surface area (Å²) in [7, 11) is 1.60. The van der Waals surface area contributed by atoms with Crippen LogP contribution in [-0.4, -0.2) is 33.2 Å². The smallest absolute Gasteiger partial charge is 0.282 e. The Kier molecular flexibility index (Phi) is 6.19. The van der Waals surface area contributed by atoms with Gasteiger partial charge < -0.3 is 15.8 Å². The molecular formula is C19H21F2N7O. The number of nitriles is 1. The van der Waals surface area contributed by atoms with Crippen LogP contribution in [0.2, 0.25) is 0 Å². The van der Waals surface area contributed by atoms with Crippen molar-refractivity contribution in [1.29, 1.82) is 5.26 Å². The molecule has 3 aromatic rings. The third-order valence-corrected chi connectivity index (χ3v) is 4.43. The Morgan fingerprint density at radius 2 is 2.07 bits per heavy atom. The van der Waals surface area contributed by atoms with E-state index in [1.807, 2.05) is 24.3 Å². The summed E-state index contributed by atoms with van der Waals surface area (Å²) < 4.78 is 32.8. The number of halogens is 2. The SMILES string of the molecule is CCc1c(C(F)F)nn2c(N)c(C#N)c(NCCc3cccc(COC)n3)nc12. The van der Waals surface area contributed by atoms with E-state index < -0.39 is 6.43 Å². The topological polar surface area (TPSA) is 114 Å². The first-order valence-electron chi connectivity index (χ1n) is 9.06. The number of aryl methyl sites for hydroxylation is 1. The number of alkyl halides is 2. The fourth-order valence-corrected chi connectivity index (χ4v) is 3.09. The summed E-state index contributed by atoms with van der Waals surface area (Å²) in [4.78, 5) is 8.85. The first-order chi connectivity index (χ1) is 14.0. The Morgan fingerprint density at radius 1 is 1.31 bits per heavy atom. The lowest BCUT2D eigenvalue weighted by molar-refractivity contribution is 0.144. The minimum Gasteiger partial charge on any atom is -0.382 e. The summed E-state index contributed by atoms with van der Waals surface area (Å²) in [5.74, 6) is 0.211. The molecule has 10 heteroatoms. The maximum Gasteiger partial charge on any atom is 0.282 e. The summed E-state index contributed by atoms with van der Waals surface area (Å²) in [6, 6.07) is 7.63. The van der Waals surface area contributed by atoms with Crippen molar-refractivity contribution < 1.29 is 13.5 Å². The number of nitrogens with one attached hydrogen (secondary N) is 1. The van der Waals surface area contributed by atoms with Crippen molar-refractivity contribution in [2.24, 2.45) is 0 Å². The Balaban J connectivity index is 1.89. The maximum atomic E-state index is 13.3. The number of rotatable bonds is 8. The number of nitrogens with zero attached hydrogens (tertiary/aromatic N) is 5. The number of hydrogen-bond acceptors (Lipinski definition) is 7. The number of aromatic nitrogens is 4. The van der Waals surface area contributed by atoms with Gasteiger partial charge in [0.2, 0.25) is 0 Å². The summed E-state index contributed by atoms with van der Waals surface area (Å²) >= 11 is 0. The second-order valence-corrected chi connectivity index (χ2v) is 6.32. The van der Waals surface area contributed by atoms with Crippen LogP contribution in [-0.2, 0) is 24.2 Å². The predicted octanol–water partition coefficient (Wildman–Crippen LogP) is 2.88. The van der Waals surface area contributed by atoms with Gasteiger partial charge in [0.25, 0.3) is 6.43 Å². The van der Waals surface area contributed by atoms with Gasteiger partial charge in [-0.25, -0.2) is 13.8 Å². The standard InChI is InChI=1S/C19H21F2N7O/c1-3-13-15(16(20)21)27-28-17(23)14(9-22)18(26-19(13)28)24-8-7-11-5-4-6-12(25-11)10-29-2/h4-6,16H,3,7-8,10,23H2,1-2H3,(H,24,26). The van der Waals surface area contributed by atoms with E-state index >= 15 is 0 Å². The molecule has 0 atom stereocenters. The highest BCUT2D eigenvalue weighted by Crippen LogP contribution is 2.29. The normalized spacial score (nSPS) is 11.2. The van der Waals surface area contributed by atoms with Gasteiger partial charge >= 0.3 is 0 Å². The average molecular weight is 401 g/mol. The van der Waals surface area contributed by atoms with Gasteiger partial charge in [-0.15, -0.1) is 0 Å². The van der Waals surface area contributed by atoms with Crippen LogP contribution in [0.1, 0.15) is 41.6 Å². The molecule has 0 aromatic carbocycles. The van der Waals surface area contributed by atoms with E-state index in [9.17, 15) is 14.0 Å². The van der Waals surface area contributed by atoms with E-state index in [0.717, 1.165) is 15.9 Å². The Bertz CT molecular complexity index is 1060. The molecule has 0 spiro atoms. The molecule has 0 fully saturated rings. The molecule has 152 valence electrons. The zero-order chi connectivity index (χ0) is 21.0. The molecule has 0 radical (unpaired) electrons. The lowest BCUT2D eigenvalue weighted by atomic mass is 10.2. The fraction of sp³-hybridized carbons (Fsp3) is 0.368. The van der Waals surface area contributed by atoms with Crippen LogP contribution in [0.25, 0.3) is 5.65 Å². The Morgan fingerprint density at radius 3 is 2.72 bits per heavy atom. The van der Waals surface area contributed by atoms with Gasteiger partial charge in [0.1, 0.15) is 29.0 Å². The van der Waals surface area contributed by atoms with E-state index in [-0.39, 0.29) is 28.5 Å². The van der Waals surface area contributed by atoms with Crippen LogP contribution in [0, 0.1) is 11.3 Å². The number of anilines is 2. The second-order valence-electron chi connectivity index (χ2n) is 6.32. The van der Waals surface area contributed by atoms with Gasteiger partial charge in [-0.05, 0) is 18.6 Å². The fourth-order valence-electron chi connectivity index (χ4n) is 3.09. The van der Waals surface area contributed by atoms with Gasteiger partial charge in [0.05, 0.1) is 12.3 Å². The van der Waals surface area contributed by atoms with Crippen molar-refractivity contribution in [3.8, 4) is 6.07 Å². The highest BCUT2D eigenvalue weighted by Gasteiger charge is 2.24. The number of hydrogen-bond donors (Lipinski definition) is 2. The lowest BCUT2D eigenvalue weighted by Crippen LogP contribution is -2.13. The van der Waals surface area contributed by atoms with Crippen molar-refractivity contribution in [2.45, 2.75) is 32.8 Å². The van der Waals surface area contributed by atoms with Crippen molar-refractivity contribution in [3.05, 3.63) is 46.4 Å². The van der Waals surface area contributed by atoms with Crippen molar-refractivity contribution in [3.63, 3.8) is 0 Å². The van der Waals surface area contributed by atoms with Gasteiger partial charge in [-0.3, -0.25) is 4.98 Å². The van der Waals surface area contributed by atoms with Crippen LogP contribution in [0.4, 0.5) is 20.4 Å². The van der Waals surface area contributed by atoms with Crippen molar-refractivity contribution in [2.75, 3.05) is 24.7 Å². The van der Waals surface area contributed by atoms with Crippen LogP contribution in [0.3, 0.4) is 0 Å². The first kappa shape index (κ1) is 20.4. The minimum absolute atomic E-state index is 0.0261. The maximum absolute atomic E-state index is 13.3. The molecule has 0 aliphatic rings. The van der Waals surface area contributed by atoms with Gasteiger partial charge in [-0.2, -0.15) is 14.9 Å². The molecule has 0 aliphatic heterocycles. The largest absolute Gasteiger partial charge is 0.382 e. The molecule has 0 saturated heterocycles.